The largest absolute Gasteiger partial charge is 0.394 e. The lowest BCUT2D eigenvalue weighted by Gasteiger charge is -2.36. The maximum Gasteiger partial charge on any atom is 0.226 e. The van der Waals surface area contributed by atoms with Crippen molar-refractivity contribution in [2.24, 2.45) is 11.3 Å². The van der Waals surface area contributed by atoms with Crippen molar-refractivity contribution in [2.75, 3.05) is 13.2 Å². The van der Waals surface area contributed by atoms with E-state index in [9.17, 15) is 15.0 Å². The molecule has 0 aromatic heterocycles. The van der Waals surface area contributed by atoms with Gasteiger partial charge in [-0.15, -0.1) is 0 Å². The lowest BCUT2D eigenvalue weighted by atomic mass is 9.77. The van der Waals surface area contributed by atoms with E-state index < -0.39 is 5.54 Å². The molecule has 0 saturated heterocycles. The molecule has 112 valence electrons. The number of hydrogen-bond donors (Lipinski definition) is 3. The lowest BCUT2D eigenvalue weighted by Crippen LogP contribution is -2.57. The van der Waals surface area contributed by atoms with Crippen LogP contribution in [0.4, 0.5) is 0 Å². The van der Waals surface area contributed by atoms with Crippen LogP contribution in [0.3, 0.4) is 0 Å². The first kappa shape index (κ1) is 16.4. The van der Waals surface area contributed by atoms with E-state index in [1.54, 1.807) is 0 Å². The minimum Gasteiger partial charge on any atom is -0.394 e. The van der Waals surface area contributed by atoms with E-state index >= 15 is 0 Å². The monoisotopic (exact) mass is 271 g/mol. The van der Waals surface area contributed by atoms with Gasteiger partial charge in [0.1, 0.15) is 0 Å². The Morgan fingerprint density at radius 1 is 1.26 bits per heavy atom. The molecule has 0 bridgehead atoms. The Hall–Kier alpha value is -0.610. The zero-order valence-electron chi connectivity index (χ0n) is 12.5. The molecule has 1 aliphatic rings. The number of carbonyl (C=O) groups is 1. The van der Waals surface area contributed by atoms with E-state index in [0.717, 1.165) is 32.1 Å². The number of rotatable bonds is 7. The van der Waals surface area contributed by atoms with Gasteiger partial charge in [0.05, 0.1) is 18.8 Å². The number of aliphatic hydroxyl groups is 2. The molecule has 0 heterocycles. The molecule has 0 radical (unpaired) electrons. The molecule has 0 aromatic rings. The van der Waals surface area contributed by atoms with E-state index in [4.69, 9.17) is 0 Å². The van der Waals surface area contributed by atoms with Gasteiger partial charge in [-0.1, -0.05) is 33.6 Å². The second-order valence-electron chi connectivity index (χ2n) is 6.49. The summed E-state index contributed by atoms with van der Waals surface area (Å²) in [6, 6.07) is 0. The normalized spacial score (nSPS) is 18.8. The van der Waals surface area contributed by atoms with E-state index in [2.05, 4.69) is 19.2 Å². The summed E-state index contributed by atoms with van der Waals surface area (Å²) < 4.78 is 0. The van der Waals surface area contributed by atoms with Crippen molar-refractivity contribution in [3.8, 4) is 0 Å². The summed E-state index contributed by atoms with van der Waals surface area (Å²) in [5, 5.41) is 21.8. The molecule has 1 fully saturated rings. The van der Waals surface area contributed by atoms with Crippen molar-refractivity contribution in [3.05, 3.63) is 0 Å². The fourth-order valence-corrected chi connectivity index (χ4v) is 3.17. The molecule has 4 heteroatoms. The first-order valence-electron chi connectivity index (χ1n) is 7.48. The second kappa shape index (κ2) is 6.71. The van der Waals surface area contributed by atoms with Gasteiger partial charge < -0.3 is 15.5 Å². The lowest BCUT2D eigenvalue weighted by molar-refractivity contribution is -0.135. The van der Waals surface area contributed by atoms with Crippen LogP contribution in [0.2, 0.25) is 0 Å². The van der Waals surface area contributed by atoms with Crippen LogP contribution in [-0.2, 0) is 4.79 Å². The van der Waals surface area contributed by atoms with Crippen LogP contribution in [0.25, 0.3) is 0 Å². The molecule has 19 heavy (non-hydrogen) atoms. The Morgan fingerprint density at radius 3 is 2.16 bits per heavy atom. The van der Waals surface area contributed by atoms with Gasteiger partial charge in [-0.05, 0) is 31.6 Å². The Balaban J connectivity index is 2.83. The molecular formula is C15H29NO3. The van der Waals surface area contributed by atoms with Crippen LogP contribution in [0.15, 0.2) is 0 Å². The smallest absolute Gasteiger partial charge is 0.226 e. The summed E-state index contributed by atoms with van der Waals surface area (Å²) in [6.07, 6.45) is 5.45. The Bertz CT molecular complexity index is 284. The standard InChI is InChI=1S/C15H29NO3/c1-4-15(10-17,11-18)16-13(19)14(9-12(2)3)7-5-6-8-14/h12,17-18H,4-11H2,1-3H3,(H,16,19). The first-order chi connectivity index (χ1) is 8.93. The first-order valence-corrected chi connectivity index (χ1v) is 7.48. The SMILES string of the molecule is CCC(CO)(CO)NC(=O)C1(CC(C)C)CCCC1. The van der Waals surface area contributed by atoms with Gasteiger partial charge >= 0.3 is 0 Å². The Labute approximate surface area is 116 Å². The summed E-state index contributed by atoms with van der Waals surface area (Å²) in [4.78, 5) is 12.7. The molecule has 1 amide bonds. The average molecular weight is 271 g/mol. The van der Waals surface area contributed by atoms with Crippen LogP contribution in [0.5, 0.6) is 0 Å². The number of amides is 1. The summed E-state index contributed by atoms with van der Waals surface area (Å²) in [6.45, 7) is 5.71. The van der Waals surface area contributed by atoms with Crippen molar-refractivity contribution in [3.63, 3.8) is 0 Å². The molecule has 3 N–H and O–H groups in total. The summed E-state index contributed by atoms with van der Waals surface area (Å²) in [7, 11) is 0. The van der Waals surface area contributed by atoms with E-state index in [1.807, 2.05) is 6.92 Å². The highest BCUT2D eigenvalue weighted by atomic mass is 16.3. The van der Waals surface area contributed by atoms with E-state index in [-0.39, 0.29) is 24.5 Å². The van der Waals surface area contributed by atoms with Crippen molar-refractivity contribution < 1.29 is 15.0 Å². The zero-order chi connectivity index (χ0) is 14.5. The zero-order valence-corrected chi connectivity index (χ0v) is 12.5. The van der Waals surface area contributed by atoms with Gasteiger partial charge in [0, 0.05) is 5.41 Å². The molecule has 0 atom stereocenters. The fraction of sp³-hybridized carbons (Fsp3) is 0.933. The number of carbonyl (C=O) groups excluding carboxylic acids is 1. The quantitative estimate of drug-likeness (QED) is 0.662. The topological polar surface area (TPSA) is 69.6 Å². The molecule has 0 spiro atoms. The minimum atomic E-state index is -0.871. The molecular weight excluding hydrogens is 242 g/mol. The molecule has 0 aliphatic heterocycles. The number of nitrogens with one attached hydrogen (secondary N) is 1. The van der Waals surface area contributed by atoms with Crippen LogP contribution in [-0.4, -0.2) is 34.9 Å². The van der Waals surface area contributed by atoms with Crippen molar-refractivity contribution in [1.82, 2.24) is 5.32 Å². The average Bonchev–Trinajstić information content (AvgIpc) is 2.85. The molecule has 1 saturated carbocycles. The third kappa shape index (κ3) is 3.69. The van der Waals surface area contributed by atoms with Crippen LogP contribution >= 0.6 is 0 Å². The number of hydrogen-bond acceptors (Lipinski definition) is 3. The second-order valence-corrected chi connectivity index (χ2v) is 6.49. The summed E-state index contributed by atoms with van der Waals surface area (Å²) in [5.74, 6) is 0.492. The number of aliphatic hydroxyl groups excluding tert-OH is 2. The maximum atomic E-state index is 12.7. The Morgan fingerprint density at radius 2 is 1.79 bits per heavy atom. The predicted octanol–water partition coefficient (Wildman–Crippen LogP) is 1.84. The highest BCUT2D eigenvalue weighted by Crippen LogP contribution is 2.43. The fourth-order valence-electron chi connectivity index (χ4n) is 3.17. The molecule has 0 unspecified atom stereocenters. The maximum absolute atomic E-state index is 12.7. The van der Waals surface area contributed by atoms with Crippen molar-refractivity contribution in [1.29, 1.82) is 0 Å². The van der Waals surface area contributed by atoms with Gasteiger partial charge in [-0.3, -0.25) is 4.79 Å². The minimum absolute atomic E-state index is 0.0173. The highest BCUT2D eigenvalue weighted by Gasteiger charge is 2.44. The van der Waals surface area contributed by atoms with Crippen LogP contribution in [0, 0.1) is 11.3 Å². The Kier molecular flexibility index (Phi) is 5.81. The summed E-state index contributed by atoms with van der Waals surface area (Å²) in [5.41, 5.74) is -1.16. The van der Waals surface area contributed by atoms with Gasteiger partial charge in [0.25, 0.3) is 0 Å². The van der Waals surface area contributed by atoms with Crippen molar-refractivity contribution in [2.45, 2.75) is 64.8 Å². The van der Waals surface area contributed by atoms with Gasteiger partial charge in [0.2, 0.25) is 5.91 Å². The van der Waals surface area contributed by atoms with E-state index in [0.29, 0.717) is 12.3 Å². The van der Waals surface area contributed by atoms with E-state index in [1.165, 1.54) is 0 Å². The van der Waals surface area contributed by atoms with Crippen LogP contribution < -0.4 is 5.32 Å². The van der Waals surface area contributed by atoms with Gasteiger partial charge in [0.15, 0.2) is 0 Å². The third-order valence-electron chi connectivity index (χ3n) is 4.50. The van der Waals surface area contributed by atoms with Crippen LogP contribution in [0.1, 0.15) is 59.3 Å². The highest BCUT2D eigenvalue weighted by molar-refractivity contribution is 5.83. The van der Waals surface area contributed by atoms with Crippen molar-refractivity contribution >= 4 is 5.91 Å². The molecule has 4 nitrogen and oxygen atoms in total. The molecule has 1 rings (SSSR count). The molecule has 1 aliphatic carbocycles. The van der Waals surface area contributed by atoms with Gasteiger partial charge in [-0.25, -0.2) is 0 Å². The third-order valence-corrected chi connectivity index (χ3v) is 4.50. The molecule has 0 aromatic carbocycles. The summed E-state index contributed by atoms with van der Waals surface area (Å²) >= 11 is 0. The predicted molar refractivity (Wildman–Crippen MR) is 75.7 cm³/mol. The van der Waals surface area contributed by atoms with Gasteiger partial charge in [-0.2, -0.15) is 0 Å².